The van der Waals surface area contributed by atoms with Crippen molar-refractivity contribution in [3.05, 3.63) is 212 Å². The predicted molar refractivity (Wildman–Crippen MR) is 280 cm³/mol. The van der Waals surface area contributed by atoms with Crippen molar-refractivity contribution in [1.29, 1.82) is 0 Å². The third-order valence-electron chi connectivity index (χ3n) is 12.6. The van der Waals surface area contributed by atoms with Gasteiger partial charge in [0.05, 0.1) is 16.7 Å². The van der Waals surface area contributed by atoms with Gasteiger partial charge in [0, 0.05) is 64.7 Å². The lowest BCUT2D eigenvalue weighted by atomic mass is 9.95. The molecule has 0 amide bonds. The number of allylic oxidation sites excluding steroid dienone is 2. The molecule has 66 heavy (non-hydrogen) atoms. The first-order valence-electron chi connectivity index (χ1n) is 22.7. The average molecular weight is 866 g/mol. The number of hydrogen-bond donors (Lipinski definition) is 0. The van der Waals surface area contributed by atoms with Gasteiger partial charge in [-0.05, 0) is 76.7 Å². The highest BCUT2D eigenvalue weighted by molar-refractivity contribution is 7.26. The summed E-state index contributed by atoms with van der Waals surface area (Å²) in [5.74, 6) is 2.34. The zero-order valence-electron chi connectivity index (χ0n) is 36.6. The molecule has 5 heteroatoms. The van der Waals surface area contributed by atoms with Gasteiger partial charge in [0.25, 0.3) is 0 Å². The first kappa shape index (κ1) is 39.5. The van der Waals surface area contributed by atoms with Crippen LogP contribution in [0.3, 0.4) is 0 Å². The topological polar surface area (TPSA) is 43.9 Å². The molecule has 13 rings (SSSR count). The third-order valence-corrected chi connectivity index (χ3v) is 13.9. The summed E-state index contributed by atoms with van der Waals surface area (Å²) in [4.78, 5) is 10.6. The van der Waals surface area contributed by atoms with Crippen LogP contribution in [0.15, 0.2) is 205 Å². The van der Waals surface area contributed by atoms with Gasteiger partial charge in [-0.2, -0.15) is 0 Å². The molecule has 8 aromatic carbocycles. The molecule has 0 saturated carbocycles. The van der Waals surface area contributed by atoms with E-state index in [-0.39, 0.29) is 0 Å². The van der Waals surface area contributed by atoms with E-state index in [2.05, 4.69) is 199 Å². The molecule has 1 aliphatic rings. The van der Waals surface area contributed by atoms with Crippen LogP contribution >= 0.6 is 11.3 Å². The predicted octanol–water partition coefficient (Wildman–Crippen LogP) is 17.5. The van der Waals surface area contributed by atoms with E-state index in [1.54, 1.807) is 0 Å². The van der Waals surface area contributed by atoms with E-state index in [4.69, 9.17) is 14.4 Å². The lowest BCUT2D eigenvalue weighted by molar-refractivity contribution is 0.603. The van der Waals surface area contributed by atoms with Crippen LogP contribution in [0, 0.1) is 0 Å². The van der Waals surface area contributed by atoms with Crippen molar-refractivity contribution in [3.8, 4) is 61.8 Å². The standard InChI is InChI=1S/C59H37N3OS.C2H6/c1-3-15-37(16-4-1)59-60-51(42-31-32-47-46-22-5-2-6-29-53(46)63-54(47)35-42)36-56(61-59)62-52-28-9-7-21-45(52)49-26-13-24-43(57(49)62)40-19-11-17-38(33-40)39-18-12-20-41(34-39)44-25-14-27-50-48-23-8-10-30-55(48)64-58(44)50;1-2/h1,3-36H,2H2;1-2H3. The van der Waals surface area contributed by atoms with Gasteiger partial charge in [-0.1, -0.05) is 178 Å². The minimum absolute atomic E-state index is 0.658. The summed E-state index contributed by atoms with van der Waals surface area (Å²) in [6.45, 7) is 4.00. The van der Waals surface area contributed by atoms with E-state index >= 15 is 0 Å². The van der Waals surface area contributed by atoms with Crippen LogP contribution in [0.2, 0.25) is 0 Å². The number of thiophene rings is 1. The fourth-order valence-electron chi connectivity index (χ4n) is 9.64. The smallest absolute Gasteiger partial charge is 0.162 e. The molecule has 0 saturated heterocycles. The largest absolute Gasteiger partial charge is 0.456 e. The summed E-state index contributed by atoms with van der Waals surface area (Å²) < 4.78 is 11.4. The zero-order valence-corrected chi connectivity index (χ0v) is 37.4. The molecule has 12 aromatic rings. The van der Waals surface area contributed by atoms with E-state index in [1.165, 1.54) is 42.2 Å². The molecule has 0 radical (unpaired) electrons. The fourth-order valence-corrected chi connectivity index (χ4v) is 10.9. The highest BCUT2D eigenvalue weighted by Gasteiger charge is 2.21. The number of hydrogen-bond acceptors (Lipinski definition) is 4. The molecule has 0 unspecified atom stereocenters. The summed E-state index contributed by atoms with van der Waals surface area (Å²) in [5.41, 5.74) is 13.9. The second-order valence-electron chi connectivity index (χ2n) is 16.4. The minimum atomic E-state index is 0.658. The first-order valence-corrected chi connectivity index (χ1v) is 23.5. The van der Waals surface area contributed by atoms with Gasteiger partial charge in [0.1, 0.15) is 17.2 Å². The lowest BCUT2D eigenvalue weighted by Gasteiger charge is -2.14. The van der Waals surface area contributed by atoms with E-state index in [0.717, 1.165) is 84.5 Å². The van der Waals surface area contributed by atoms with Crippen molar-refractivity contribution < 1.29 is 4.42 Å². The quantitative estimate of drug-likeness (QED) is 0.167. The molecule has 0 fully saturated rings. The van der Waals surface area contributed by atoms with Gasteiger partial charge in [-0.25, -0.2) is 9.97 Å². The molecule has 0 spiro atoms. The van der Waals surface area contributed by atoms with E-state index in [1.807, 2.05) is 43.4 Å². The van der Waals surface area contributed by atoms with Crippen molar-refractivity contribution in [3.63, 3.8) is 0 Å². The maximum Gasteiger partial charge on any atom is 0.162 e. The summed E-state index contributed by atoms with van der Waals surface area (Å²) in [6, 6.07) is 67.5. The first-order chi connectivity index (χ1) is 32.7. The van der Waals surface area contributed by atoms with Crippen LogP contribution in [0.25, 0.3) is 127 Å². The zero-order chi connectivity index (χ0) is 44.1. The maximum absolute atomic E-state index is 6.44. The Labute approximate surface area is 387 Å². The van der Waals surface area contributed by atoms with Crippen molar-refractivity contribution in [2.45, 2.75) is 20.3 Å². The Morgan fingerprint density at radius 2 is 1.14 bits per heavy atom. The van der Waals surface area contributed by atoms with Crippen LogP contribution in [0.1, 0.15) is 31.6 Å². The molecule has 0 atom stereocenters. The molecule has 0 aliphatic heterocycles. The molecule has 4 nitrogen and oxygen atoms in total. The summed E-state index contributed by atoms with van der Waals surface area (Å²) >= 11 is 1.87. The molecular formula is C61H43N3OS. The molecule has 314 valence electrons. The summed E-state index contributed by atoms with van der Waals surface area (Å²) in [5, 5.41) is 6.04. The average Bonchev–Trinajstić information content (AvgIpc) is 4.00. The maximum atomic E-state index is 6.44. The van der Waals surface area contributed by atoms with Gasteiger partial charge in [0.2, 0.25) is 0 Å². The van der Waals surface area contributed by atoms with Crippen LogP contribution in [-0.2, 0) is 0 Å². The van der Waals surface area contributed by atoms with E-state index in [9.17, 15) is 0 Å². The van der Waals surface area contributed by atoms with Crippen molar-refractivity contribution in [2.75, 3.05) is 0 Å². The highest BCUT2D eigenvalue weighted by Crippen LogP contribution is 2.43. The number of benzene rings is 8. The van der Waals surface area contributed by atoms with Gasteiger partial charge < -0.3 is 4.42 Å². The number of nitrogens with zero attached hydrogens (tertiary/aromatic N) is 3. The molecule has 0 N–H and O–H groups in total. The third kappa shape index (κ3) is 6.67. The van der Waals surface area contributed by atoms with Gasteiger partial charge in [-0.3, -0.25) is 4.57 Å². The second-order valence-corrected chi connectivity index (χ2v) is 17.5. The number of aromatic nitrogens is 3. The molecule has 0 bridgehead atoms. The Hall–Kier alpha value is -8.12. The minimum Gasteiger partial charge on any atom is -0.456 e. The number of fused-ring (bicyclic) bond motifs is 9. The second kappa shape index (κ2) is 16.5. The Balaban J connectivity index is 0.00000225. The lowest BCUT2D eigenvalue weighted by Crippen LogP contribution is -2.03. The molecule has 1 aliphatic carbocycles. The van der Waals surface area contributed by atoms with E-state index < -0.39 is 0 Å². The SMILES string of the molecule is C1=Cc2oc3cc(-c4cc(-n5c6ccccc6c6cccc(-c7cccc(-c8cccc(-c9cccc%10c9sc9ccccc9%10)c8)c7)c65)nc(-c5ccccc5)n4)ccc3c2C=CC1.CC. The number of furan rings is 1. The van der Waals surface area contributed by atoms with Crippen LogP contribution in [-0.4, -0.2) is 14.5 Å². The Morgan fingerprint density at radius 1 is 0.485 bits per heavy atom. The van der Waals surface area contributed by atoms with Crippen LogP contribution in [0.4, 0.5) is 0 Å². The van der Waals surface area contributed by atoms with Crippen molar-refractivity contribution in [1.82, 2.24) is 14.5 Å². The van der Waals surface area contributed by atoms with E-state index in [0.29, 0.717) is 5.82 Å². The normalized spacial score (nSPS) is 12.2. The van der Waals surface area contributed by atoms with Crippen molar-refractivity contribution in [2.24, 2.45) is 0 Å². The Morgan fingerprint density at radius 3 is 1.97 bits per heavy atom. The Kier molecular flexibility index (Phi) is 9.84. The van der Waals surface area contributed by atoms with Gasteiger partial charge in [0.15, 0.2) is 5.82 Å². The van der Waals surface area contributed by atoms with Gasteiger partial charge >= 0.3 is 0 Å². The summed E-state index contributed by atoms with van der Waals surface area (Å²) in [7, 11) is 0. The molecule has 4 heterocycles. The highest BCUT2D eigenvalue weighted by atomic mass is 32.1. The fraction of sp³-hybridized carbons (Fsp3) is 0.0492. The van der Waals surface area contributed by atoms with Crippen LogP contribution < -0.4 is 0 Å². The Bertz CT molecular complexity index is 3880. The summed E-state index contributed by atoms with van der Waals surface area (Å²) in [6.07, 6.45) is 9.45. The van der Waals surface area contributed by atoms with Crippen molar-refractivity contribution >= 4 is 76.4 Å². The molecule has 4 aromatic heterocycles. The number of para-hydroxylation sites is 2. The van der Waals surface area contributed by atoms with Crippen LogP contribution in [0.5, 0.6) is 0 Å². The number of rotatable bonds is 6. The van der Waals surface area contributed by atoms with Gasteiger partial charge in [-0.15, -0.1) is 11.3 Å². The molecular weight excluding hydrogens is 823 g/mol. The monoisotopic (exact) mass is 865 g/mol.